The Morgan fingerprint density at radius 1 is 1.41 bits per heavy atom. The van der Waals surface area contributed by atoms with Crippen molar-refractivity contribution < 1.29 is 0 Å². The van der Waals surface area contributed by atoms with Crippen LogP contribution in [0.15, 0.2) is 24.9 Å². The van der Waals surface area contributed by atoms with Crippen LogP contribution in [-0.2, 0) is 0 Å². The summed E-state index contributed by atoms with van der Waals surface area (Å²) in [5.41, 5.74) is 7.41. The van der Waals surface area contributed by atoms with Crippen LogP contribution in [0, 0.1) is 0 Å². The third-order valence-electron chi connectivity index (χ3n) is 2.80. The molecule has 1 heterocycles. The Hall–Kier alpha value is -1.55. The molecule has 0 saturated carbocycles. The van der Waals surface area contributed by atoms with E-state index in [2.05, 4.69) is 35.6 Å². The zero-order chi connectivity index (χ0) is 12.7. The van der Waals surface area contributed by atoms with E-state index in [4.69, 9.17) is 5.73 Å². The Labute approximate surface area is 104 Å². The summed E-state index contributed by atoms with van der Waals surface area (Å²) < 4.78 is 0. The van der Waals surface area contributed by atoms with Gasteiger partial charge in [-0.1, -0.05) is 20.4 Å². The van der Waals surface area contributed by atoms with Crippen LogP contribution in [0.3, 0.4) is 0 Å². The van der Waals surface area contributed by atoms with Crippen LogP contribution in [0.4, 0.5) is 5.82 Å². The predicted octanol–water partition coefficient (Wildman–Crippen LogP) is 1.57. The smallest absolute Gasteiger partial charge is 0.123 e. The van der Waals surface area contributed by atoms with Gasteiger partial charge in [-0.25, -0.2) is 4.98 Å². The molecule has 0 atom stereocenters. The molecule has 1 aromatic heterocycles. The van der Waals surface area contributed by atoms with E-state index in [0.717, 1.165) is 37.4 Å². The molecule has 0 unspecified atom stereocenters. The number of hydrogen-bond donors (Lipinski definition) is 2. The molecule has 0 radical (unpaired) electrons. The number of pyridine rings is 1. The zero-order valence-corrected chi connectivity index (χ0v) is 10.7. The maximum absolute atomic E-state index is 5.53. The van der Waals surface area contributed by atoms with Crippen molar-refractivity contribution in [3.8, 4) is 0 Å². The summed E-state index contributed by atoms with van der Waals surface area (Å²) in [5.74, 6) is 0.532. The first-order valence-corrected chi connectivity index (χ1v) is 6.04. The minimum absolute atomic E-state index is 0.532. The minimum Gasteiger partial charge on any atom is -0.384 e. The normalized spacial score (nSPS) is 10.5. The Morgan fingerprint density at radius 2 is 2.12 bits per heavy atom. The molecular formula is C13H22N4. The lowest BCUT2D eigenvalue weighted by Crippen LogP contribution is -2.31. The fraction of sp³-hybridized carbons (Fsp3) is 0.462. The van der Waals surface area contributed by atoms with E-state index in [1.165, 1.54) is 0 Å². The Morgan fingerprint density at radius 3 is 2.65 bits per heavy atom. The van der Waals surface area contributed by atoms with Crippen LogP contribution >= 0.6 is 0 Å². The fourth-order valence-corrected chi connectivity index (χ4v) is 1.59. The lowest BCUT2D eigenvalue weighted by molar-refractivity contribution is 0.308. The molecule has 3 N–H and O–H groups in total. The molecule has 0 aliphatic heterocycles. The molecule has 4 heteroatoms. The Bertz CT molecular complexity index is 341. The average molecular weight is 234 g/mol. The molecule has 0 spiro atoms. The van der Waals surface area contributed by atoms with E-state index in [9.17, 15) is 0 Å². The quantitative estimate of drug-likeness (QED) is 0.752. The van der Waals surface area contributed by atoms with Crippen molar-refractivity contribution in [1.82, 2.24) is 15.2 Å². The molecule has 1 rings (SSSR count). The maximum atomic E-state index is 5.53. The maximum Gasteiger partial charge on any atom is 0.123 e. The highest BCUT2D eigenvalue weighted by atomic mass is 15.1. The van der Waals surface area contributed by atoms with Crippen molar-refractivity contribution in [3.63, 3.8) is 0 Å². The molecular weight excluding hydrogens is 212 g/mol. The molecule has 0 aliphatic rings. The van der Waals surface area contributed by atoms with Crippen molar-refractivity contribution in [1.29, 1.82) is 0 Å². The van der Waals surface area contributed by atoms with E-state index in [1.54, 1.807) is 12.3 Å². The number of nitrogens with two attached hydrogens (primary N) is 1. The molecule has 0 aliphatic carbocycles. The summed E-state index contributed by atoms with van der Waals surface area (Å²) in [6.07, 6.45) is 1.74. The van der Waals surface area contributed by atoms with E-state index in [1.807, 2.05) is 6.07 Å². The van der Waals surface area contributed by atoms with Gasteiger partial charge in [-0.2, -0.15) is 0 Å². The molecule has 0 aromatic carbocycles. The Kier molecular flexibility index (Phi) is 5.49. The first-order chi connectivity index (χ1) is 8.17. The summed E-state index contributed by atoms with van der Waals surface area (Å²) in [7, 11) is 0. The van der Waals surface area contributed by atoms with Crippen LogP contribution < -0.4 is 11.1 Å². The number of aromatic nitrogens is 1. The number of likely N-dealkylation sites (N-methyl/N-ethyl adjacent to an activating group) is 1. The second kappa shape index (κ2) is 6.91. The first kappa shape index (κ1) is 13.5. The topological polar surface area (TPSA) is 54.2 Å². The van der Waals surface area contributed by atoms with E-state index >= 15 is 0 Å². The second-order valence-electron chi connectivity index (χ2n) is 3.90. The van der Waals surface area contributed by atoms with Gasteiger partial charge in [-0.3, -0.25) is 0 Å². The van der Waals surface area contributed by atoms with E-state index in [0.29, 0.717) is 5.82 Å². The standard InChI is InChI=1S/C13H22N4/c1-4-17(5-2)9-8-15-11(3)12-6-7-13(14)16-10-12/h6-7,10,15H,3-5,8-9H2,1-2H3,(H2,14,16). The van der Waals surface area contributed by atoms with Gasteiger partial charge in [0.2, 0.25) is 0 Å². The van der Waals surface area contributed by atoms with Gasteiger partial charge in [0.15, 0.2) is 0 Å². The van der Waals surface area contributed by atoms with E-state index in [-0.39, 0.29) is 0 Å². The average Bonchev–Trinajstić information content (AvgIpc) is 2.35. The third-order valence-corrected chi connectivity index (χ3v) is 2.80. The Balaban J connectivity index is 2.37. The van der Waals surface area contributed by atoms with E-state index < -0.39 is 0 Å². The van der Waals surface area contributed by atoms with Crippen LogP contribution in [0.5, 0.6) is 0 Å². The summed E-state index contributed by atoms with van der Waals surface area (Å²) in [5, 5.41) is 3.30. The van der Waals surface area contributed by atoms with Crippen molar-refractivity contribution in [2.45, 2.75) is 13.8 Å². The lowest BCUT2D eigenvalue weighted by Gasteiger charge is -2.19. The predicted molar refractivity (Wildman–Crippen MR) is 73.5 cm³/mol. The zero-order valence-electron chi connectivity index (χ0n) is 10.7. The van der Waals surface area contributed by atoms with Crippen molar-refractivity contribution >= 4 is 11.5 Å². The number of nitrogens with one attached hydrogen (secondary N) is 1. The monoisotopic (exact) mass is 234 g/mol. The van der Waals surface area contributed by atoms with Crippen molar-refractivity contribution in [3.05, 3.63) is 30.5 Å². The summed E-state index contributed by atoms with van der Waals surface area (Å²) in [6.45, 7) is 12.4. The van der Waals surface area contributed by atoms with Crippen molar-refractivity contribution in [2.24, 2.45) is 0 Å². The molecule has 0 fully saturated rings. The number of rotatable bonds is 7. The fourth-order valence-electron chi connectivity index (χ4n) is 1.59. The van der Waals surface area contributed by atoms with Crippen LogP contribution in [0.1, 0.15) is 19.4 Å². The third kappa shape index (κ3) is 4.44. The second-order valence-corrected chi connectivity index (χ2v) is 3.90. The number of hydrogen-bond acceptors (Lipinski definition) is 4. The van der Waals surface area contributed by atoms with Gasteiger partial charge in [0.1, 0.15) is 5.82 Å². The minimum atomic E-state index is 0.532. The first-order valence-electron chi connectivity index (χ1n) is 6.04. The van der Waals surface area contributed by atoms with Crippen molar-refractivity contribution in [2.75, 3.05) is 31.9 Å². The lowest BCUT2D eigenvalue weighted by atomic mass is 10.2. The number of anilines is 1. The highest BCUT2D eigenvalue weighted by Crippen LogP contribution is 2.08. The highest BCUT2D eigenvalue weighted by molar-refractivity contribution is 5.61. The van der Waals surface area contributed by atoms with Crippen LogP contribution in [0.2, 0.25) is 0 Å². The summed E-state index contributed by atoms with van der Waals surface area (Å²) >= 11 is 0. The molecule has 0 amide bonds. The highest BCUT2D eigenvalue weighted by Gasteiger charge is 2.01. The van der Waals surface area contributed by atoms with Gasteiger partial charge in [-0.15, -0.1) is 0 Å². The van der Waals surface area contributed by atoms with Gasteiger partial charge in [-0.05, 0) is 25.2 Å². The molecule has 1 aromatic rings. The molecule has 94 valence electrons. The molecule has 4 nitrogen and oxygen atoms in total. The molecule has 17 heavy (non-hydrogen) atoms. The van der Waals surface area contributed by atoms with Crippen LogP contribution in [-0.4, -0.2) is 36.1 Å². The number of nitrogens with zero attached hydrogens (tertiary/aromatic N) is 2. The van der Waals surface area contributed by atoms with Gasteiger partial charge >= 0.3 is 0 Å². The van der Waals surface area contributed by atoms with Gasteiger partial charge in [0, 0.05) is 30.5 Å². The van der Waals surface area contributed by atoms with Gasteiger partial charge < -0.3 is 16.0 Å². The number of nitrogen functional groups attached to an aromatic ring is 1. The molecule has 0 bridgehead atoms. The largest absolute Gasteiger partial charge is 0.384 e. The van der Waals surface area contributed by atoms with Gasteiger partial charge in [0.05, 0.1) is 0 Å². The molecule has 0 saturated heterocycles. The summed E-state index contributed by atoms with van der Waals surface area (Å²) in [6, 6.07) is 3.71. The van der Waals surface area contributed by atoms with Gasteiger partial charge in [0.25, 0.3) is 0 Å². The van der Waals surface area contributed by atoms with Crippen LogP contribution in [0.25, 0.3) is 5.70 Å². The summed E-state index contributed by atoms with van der Waals surface area (Å²) in [4.78, 5) is 6.40. The SMILES string of the molecule is C=C(NCCN(CC)CC)c1ccc(N)nc1.